The van der Waals surface area contributed by atoms with Crippen LogP contribution in [0.5, 0.6) is 0 Å². The Morgan fingerprint density at radius 3 is 3.05 bits per heavy atom. The molecule has 0 saturated heterocycles. The van der Waals surface area contributed by atoms with Crippen LogP contribution >= 0.6 is 0 Å². The fraction of sp³-hybridized carbons (Fsp3) is 0.125. The molecule has 0 radical (unpaired) electrons. The molecule has 0 atom stereocenters. The molecule has 0 aliphatic rings. The van der Waals surface area contributed by atoms with Gasteiger partial charge in [-0.25, -0.2) is 4.98 Å². The number of hydrogen-bond acceptors (Lipinski definition) is 2. The fourth-order valence-corrected chi connectivity index (χ4v) is 1.96. The molecule has 0 saturated carbocycles. The second kappa shape index (κ2) is 4.95. The highest BCUT2D eigenvalue weighted by Gasteiger charge is 1.99. The molecule has 92 valence electrons. The van der Waals surface area contributed by atoms with Gasteiger partial charge in [-0.05, 0) is 30.2 Å². The van der Waals surface area contributed by atoms with Gasteiger partial charge in [0.15, 0.2) is 0 Å². The van der Waals surface area contributed by atoms with Crippen LogP contribution in [-0.4, -0.2) is 15.0 Å². The third-order valence-electron chi connectivity index (χ3n) is 3.00. The van der Waals surface area contributed by atoms with Crippen molar-refractivity contribution < 1.29 is 0 Å². The maximum Gasteiger partial charge on any atom is 0.138 e. The molecular formula is C16H13N3. The van der Waals surface area contributed by atoms with Crippen LogP contribution in [0.3, 0.4) is 0 Å². The zero-order valence-electron chi connectivity index (χ0n) is 10.6. The van der Waals surface area contributed by atoms with E-state index in [9.17, 15) is 0 Å². The van der Waals surface area contributed by atoms with Crippen LogP contribution < -0.4 is 0 Å². The number of H-pyrrole nitrogens is 1. The van der Waals surface area contributed by atoms with Gasteiger partial charge in [-0.3, -0.25) is 4.98 Å². The molecule has 0 fully saturated rings. The highest BCUT2D eigenvalue weighted by molar-refractivity contribution is 5.82. The Hall–Kier alpha value is -2.60. The van der Waals surface area contributed by atoms with Crippen molar-refractivity contribution in [2.75, 3.05) is 0 Å². The molecular weight excluding hydrogens is 234 g/mol. The first-order chi connectivity index (χ1) is 9.36. The van der Waals surface area contributed by atoms with Crippen molar-refractivity contribution in [1.29, 1.82) is 0 Å². The van der Waals surface area contributed by atoms with Gasteiger partial charge in [0.05, 0.1) is 0 Å². The topological polar surface area (TPSA) is 41.6 Å². The number of aryl methyl sites for hydroxylation is 1. The predicted molar refractivity (Wildman–Crippen MR) is 75.7 cm³/mol. The summed E-state index contributed by atoms with van der Waals surface area (Å²) in [4.78, 5) is 11.5. The average molecular weight is 247 g/mol. The summed E-state index contributed by atoms with van der Waals surface area (Å²) in [7, 11) is 0. The van der Waals surface area contributed by atoms with Gasteiger partial charge in [-0.15, -0.1) is 0 Å². The van der Waals surface area contributed by atoms with Gasteiger partial charge in [0, 0.05) is 41.3 Å². The lowest BCUT2D eigenvalue weighted by atomic mass is 10.1. The zero-order valence-corrected chi connectivity index (χ0v) is 10.6. The molecule has 3 aromatic heterocycles. The first-order valence-corrected chi connectivity index (χ1v) is 6.25. The van der Waals surface area contributed by atoms with E-state index in [0.29, 0.717) is 0 Å². The monoisotopic (exact) mass is 247 g/mol. The van der Waals surface area contributed by atoms with Crippen LogP contribution in [0.4, 0.5) is 0 Å². The molecule has 0 aliphatic heterocycles. The Morgan fingerprint density at radius 2 is 2.16 bits per heavy atom. The number of nitrogens with zero attached hydrogens (tertiary/aromatic N) is 2. The number of pyridine rings is 2. The van der Waals surface area contributed by atoms with Gasteiger partial charge < -0.3 is 4.98 Å². The number of rotatable bonds is 1. The first kappa shape index (κ1) is 11.5. The van der Waals surface area contributed by atoms with E-state index in [4.69, 9.17) is 0 Å². The molecule has 3 heteroatoms. The van der Waals surface area contributed by atoms with Crippen LogP contribution in [0.2, 0.25) is 0 Å². The van der Waals surface area contributed by atoms with Crippen LogP contribution in [0.1, 0.15) is 23.6 Å². The van der Waals surface area contributed by atoms with E-state index in [0.717, 1.165) is 28.6 Å². The molecule has 3 nitrogen and oxygen atoms in total. The van der Waals surface area contributed by atoms with Crippen LogP contribution in [-0.2, 0) is 6.42 Å². The van der Waals surface area contributed by atoms with Crippen molar-refractivity contribution >= 4 is 11.0 Å². The quantitative estimate of drug-likeness (QED) is 0.672. The molecule has 0 aromatic carbocycles. The normalized spacial score (nSPS) is 10.2. The minimum Gasteiger partial charge on any atom is -0.346 e. The van der Waals surface area contributed by atoms with Crippen LogP contribution in [0.25, 0.3) is 11.0 Å². The van der Waals surface area contributed by atoms with Gasteiger partial charge in [0.2, 0.25) is 0 Å². The molecule has 0 unspecified atom stereocenters. The Labute approximate surface area is 111 Å². The minimum atomic E-state index is 0.868. The Bertz CT molecular complexity index is 775. The average Bonchev–Trinajstić information content (AvgIpc) is 2.94. The predicted octanol–water partition coefficient (Wildman–Crippen LogP) is 2.92. The van der Waals surface area contributed by atoms with Crippen molar-refractivity contribution in [2.45, 2.75) is 13.3 Å². The first-order valence-electron chi connectivity index (χ1n) is 6.25. The summed E-state index contributed by atoms with van der Waals surface area (Å²) in [6.07, 6.45) is 8.29. The van der Waals surface area contributed by atoms with Gasteiger partial charge in [0.1, 0.15) is 5.65 Å². The Kier molecular flexibility index (Phi) is 2.99. The van der Waals surface area contributed by atoms with E-state index in [1.807, 2.05) is 24.5 Å². The van der Waals surface area contributed by atoms with Crippen molar-refractivity contribution in [3.05, 3.63) is 59.7 Å². The smallest absolute Gasteiger partial charge is 0.138 e. The summed E-state index contributed by atoms with van der Waals surface area (Å²) < 4.78 is 0. The molecule has 19 heavy (non-hydrogen) atoms. The van der Waals surface area contributed by atoms with Gasteiger partial charge in [-0.1, -0.05) is 18.8 Å². The number of hydrogen-bond donors (Lipinski definition) is 1. The maximum atomic E-state index is 4.25. The number of aromatic nitrogens is 3. The number of aromatic amines is 1. The molecule has 0 bridgehead atoms. The van der Waals surface area contributed by atoms with Gasteiger partial charge in [-0.2, -0.15) is 0 Å². The maximum absolute atomic E-state index is 4.25. The van der Waals surface area contributed by atoms with Gasteiger partial charge >= 0.3 is 0 Å². The summed E-state index contributed by atoms with van der Waals surface area (Å²) in [5.74, 6) is 6.35. The Morgan fingerprint density at radius 1 is 1.21 bits per heavy atom. The van der Waals surface area contributed by atoms with Crippen molar-refractivity contribution in [3.8, 4) is 11.8 Å². The number of nitrogens with one attached hydrogen (secondary N) is 1. The van der Waals surface area contributed by atoms with E-state index >= 15 is 0 Å². The van der Waals surface area contributed by atoms with E-state index in [1.54, 1.807) is 12.4 Å². The molecule has 3 heterocycles. The molecule has 1 N–H and O–H groups in total. The standard InChI is InChI=1S/C16H13N3/c1-2-12-9-13(11-17-10-12)3-4-14-5-7-18-16-15(14)6-8-19-16/h5-11H,2H2,1H3,(H,18,19). The Balaban J connectivity index is 2.01. The third-order valence-corrected chi connectivity index (χ3v) is 3.00. The summed E-state index contributed by atoms with van der Waals surface area (Å²) in [5, 5.41) is 1.05. The lowest BCUT2D eigenvalue weighted by Crippen LogP contribution is -1.85. The summed E-state index contributed by atoms with van der Waals surface area (Å²) in [6, 6.07) is 6.00. The van der Waals surface area contributed by atoms with Crippen molar-refractivity contribution in [1.82, 2.24) is 15.0 Å². The minimum absolute atomic E-state index is 0.868. The van der Waals surface area contributed by atoms with Crippen LogP contribution in [0, 0.1) is 11.8 Å². The highest BCUT2D eigenvalue weighted by Crippen LogP contribution is 2.13. The number of fused-ring (bicyclic) bond motifs is 1. The highest BCUT2D eigenvalue weighted by atomic mass is 14.8. The summed E-state index contributed by atoms with van der Waals surface area (Å²) >= 11 is 0. The van der Waals surface area contributed by atoms with Gasteiger partial charge in [0.25, 0.3) is 0 Å². The molecule has 0 amide bonds. The third kappa shape index (κ3) is 2.34. The van der Waals surface area contributed by atoms with E-state index < -0.39 is 0 Å². The molecule has 0 spiro atoms. The second-order valence-electron chi connectivity index (χ2n) is 4.28. The summed E-state index contributed by atoms with van der Waals surface area (Å²) in [5.41, 5.74) is 3.99. The van der Waals surface area contributed by atoms with Crippen LogP contribution in [0.15, 0.2) is 43.0 Å². The SMILES string of the molecule is CCc1cncc(C#Cc2ccnc3[nH]ccc23)c1. The van der Waals surface area contributed by atoms with E-state index in [-0.39, 0.29) is 0 Å². The van der Waals surface area contributed by atoms with Crippen molar-refractivity contribution in [2.24, 2.45) is 0 Å². The fourth-order valence-electron chi connectivity index (χ4n) is 1.96. The molecule has 3 rings (SSSR count). The molecule has 3 aromatic rings. The second-order valence-corrected chi connectivity index (χ2v) is 4.28. The zero-order chi connectivity index (χ0) is 13.1. The van der Waals surface area contributed by atoms with E-state index in [2.05, 4.69) is 39.8 Å². The van der Waals surface area contributed by atoms with Crippen molar-refractivity contribution in [3.63, 3.8) is 0 Å². The largest absolute Gasteiger partial charge is 0.346 e. The summed E-state index contributed by atoms with van der Waals surface area (Å²) in [6.45, 7) is 2.11. The lowest BCUT2D eigenvalue weighted by Gasteiger charge is -1.96. The van der Waals surface area contributed by atoms with E-state index in [1.165, 1.54) is 5.56 Å². The lowest BCUT2D eigenvalue weighted by molar-refractivity contribution is 1.10. The molecule has 0 aliphatic carbocycles.